The third-order valence-corrected chi connectivity index (χ3v) is 4.54. The van der Waals surface area contributed by atoms with Crippen LogP contribution in [0.3, 0.4) is 0 Å². The maximum absolute atomic E-state index is 11.7. The SMILES string of the molecule is Cc1cccc(OCCCC(=O)NNC(=O)c2ccc(Br)s2)c1. The van der Waals surface area contributed by atoms with E-state index in [1.807, 2.05) is 31.2 Å². The molecule has 0 aliphatic carbocycles. The highest BCUT2D eigenvalue weighted by Gasteiger charge is 2.09. The zero-order chi connectivity index (χ0) is 16.7. The van der Waals surface area contributed by atoms with Crippen molar-refractivity contribution < 1.29 is 14.3 Å². The van der Waals surface area contributed by atoms with Crippen LogP contribution in [0.5, 0.6) is 5.75 Å². The fraction of sp³-hybridized carbons (Fsp3) is 0.250. The summed E-state index contributed by atoms with van der Waals surface area (Å²) >= 11 is 4.58. The predicted octanol–water partition coefficient (Wildman–Crippen LogP) is 3.44. The molecule has 2 amide bonds. The monoisotopic (exact) mass is 396 g/mol. The van der Waals surface area contributed by atoms with Crippen molar-refractivity contribution in [1.29, 1.82) is 0 Å². The molecule has 0 radical (unpaired) electrons. The van der Waals surface area contributed by atoms with Crippen LogP contribution in [-0.4, -0.2) is 18.4 Å². The largest absolute Gasteiger partial charge is 0.494 e. The summed E-state index contributed by atoms with van der Waals surface area (Å²) in [5.41, 5.74) is 5.91. The van der Waals surface area contributed by atoms with E-state index in [9.17, 15) is 9.59 Å². The van der Waals surface area contributed by atoms with Gasteiger partial charge in [-0.05, 0) is 59.1 Å². The van der Waals surface area contributed by atoms with Crippen LogP contribution >= 0.6 is 27.3 Å². The molecule has 0 aliphatic rings. The highest BCUT2D eigenvalue weighted by atomic mass is 79.9. The van der Waals surface area contributed by atoms with Crippen LogP contribution in [0.2, 0.25) is 0 Å². The second-order valence-corrected chi connectivity index (χ2v) is 7.34. The summed E-state index contributed by atoms with van der Waals surface area (Å²) in [4.78, 5) is 23.9. The van der Waals surface area contributed by atoms with Crippen LogP contribution in [0.1, 0.15) is 28.1 Å². The Morgan fingerprint density at radius 3 is 2.74 bits per heavy atom. The highest BCUT2D eigenvalue weighted by Crippen LogP contribution is 2.21. The highest BCUT2D eigenvalue weighted by molar-refractivity contribution is 9.11. The number of aryl methyl sites for hydroxylation is 1. The van der Waals surface area contributed by atoms with Gasteiger partial charge in [0.25, 0.3) is 5.91 Å². The molecule has 2 aromatic rings. The van der Waals surface area contributed by atoms with E-state index < -0.39 is 0 Å². The van der Waals surface area contributed by atoms with Crippen LogP contribution in [0, 0.1) is 6.92 Å². The molecule has 1 heterocycles. The first-order valence-corrected chi connectivity index (χ1v) is 8.69. The molecular weight excluding hydrogens is 380 g/mol. The quantitative estimate of drug-likeness (QED) is 0.580. The van der Waals surface area contributed by atoms with E-state index in [2.05, 4.69) is 26.8 Å². The van der Waals surface area contributed by atoms with Gasteiger partial charge in [0.2, 0.25) is 5.91 Å². The first-order chi connectivity index (χ1) is 11.0. The molecule has 1 aromatic carbocycles. The Balaban J connectivity index is 1.62. The van der Waals surface area contributed by atoms with Crippen LogP contribution < -0.4 is 15.6 Å². The number of hydrogen-bond donors (Lipinski definition) is 2. The van der Waals surface area contributed by atoms with Crippen LogP contribution in [-0.2, 0) is 4.79 Å². The molecular formula is C16H17BrN2O3S. The minimum atomic E-state index is -0.329. The normalized spacial score (nSPS) is 10.2. The molecule has 1 aromatic heterocycles. The van der Waals surface area contributed by atoms with Crippen molar-refractivity contribution in [3.05, 3.63) is 50.6 Å². The Morgan fingerprint density at radius 1 is 1.22 bits per heavy atom. The Kier molecular flexibility index (Phi) is 6.61. The molecule has 0 spiro atoms. The van der Waals surface area contributed by atoms with E-state index in [-0.39, 0.29) is 18.2 Å². The Labute approximate surface area is 147 Å². The molecule has 2 rings (SSSR count). The van der Waals surface area contributed by atoms with E-state index in [4.69, 9.17) is 4.74 Å². The number of rotatable bonds is 6. The zero-order valence-electron chi connectivity index (χ0n) is 12.6. The third-order valence-electron chi connectivity index (χ3n) is 2.92. The van der Waals surface area contributed by atoms with Gasteiger partial charge in [0.05, 0.1) is 15.3 Å². The van der Waals surface area contributed by atoms with Crippen molar-refractivity contribution in [3.63, 3.8) is 0 Å². The second kappa shape index (κ2) is 8.69. The minimum Gasteiger partial charge on any atom is -0.494 e. The Bertz CT molecular complexity index is 687. The van der Waals surface area contributed by atoms with Gasteiger partial charge >= 0.3 is 0 Å². The molecule has 0 aliphatic heterocycles. The first kappa shape index (κ1) is 17.5. The fourth-order valence-corrected chi connectivity index (χ4v) is 3.10. The van der Waals surface area contributed by atoms with Crippen LogP contribution in [0.15, 0.2) is 40.2 Å². The van der Waals surface area contributed by atoms with Crippen LogP contribution in [0.25, 0.3) is 0 Å². The van der Waals surface area contributed by atoms with Crippen molar-refractivity contribution in [2.75, 3.05) is 6.61 Å². The topological polar surface area (TPSA) is 67.4 Å². The maximum Gasteiger partial charge on any atom is 0.279 e. The van der Waals surface area contributed by atoms with E-state index in [1.54, 1.807) is 12.1 Å². The number of amides is 2. The van der Waals surface area contributed by atoms with E-state index in [0.29, 0.717) is 17.9 Å². The number of carbonyl (C=O) groups is 2. The number of ether oxygens (including phenoxy) is 1. The van der Waals surface area contributed by atoms with E-state index in [1.165, 1.54) is 11.3 Å². The van der Waals surface area contributed by atoms with Gasteiger partial charge < -0.3 is 4.74 Å². The molecule has 0 atom stereocenters. The molecule has 0 unspecified atom stereocenters. The number of nitrogens with one attached hydrogen (secondary N) is 2. The second-order valence-electron chi connectivity index (χ2n) is 4.87. The third kappa shape index (κ3) is 6.03. The van der Waals surface area contributed by atoms with Crippen molar-refractivity contribution in [1.82, 2.24) is 10.9 Å². The molecule has 122 valence electrons. The molecule has 0 bridgehead atoms. The van der Waals surface area contributed by atoms with Crippen molar-refractivity contribution >= 4 is 39.1 Å². The lowest BCUT2D eigenvalue weighted by atomic mass is 10.2. The van der Waals surface area contributed by atoms with Gasteiger partial charge in [-0.2, -0.15) is 0 Å². The summed E-state index contributed by atoms with van der Waals surface area (Å²) in [6, 6.07) is 11.2. The van der Waals surface area contributed by atoms with Gasteiger partial charge in [-0.1, -0.05) is 12.1 Å². The lowest BCUT2D eigenvalue weighted by Gasteiger charge is -2.08. The van der Waals surface area contributed by atoms with Gasteiger partial charge in [-0.15, -0.1) is 11.3 Å². The molecule has 2 N–H and O–H groups in total. The summed E-state index contributed by atoms with van der Waals surface area (Å²) in [6.07, 6.45) is 0.848. The smallest absolute Gasteiger partial charge is 0.279 e. The number of halogens is 1. The lowest BCUT2D eigenvalue weighted by molar-refractivity contribution is -0.122. The summed E-state index contributed by atoms with van der Waals surface area (Å²) in [5, 5.41) is 0. The number of hydrogen-bond acceptors (Lipinski definition) is 4. The molecule has 0 saturated heterocycles. The predicted molar refractivity (Wildman–Crippen MR) is 93.5 cm³/mol. The average molecular weight is 397 g/mol. The van der Waals surface area contributed by atoms with Gasteiger partial charge in [-0.25, -0.2) is 0 Å². The van der Waals surface area contributed by atoms with Crippen molar-refractivity contribution in [2.24, 2.45) is 0 Å². The summed E-state index contributed by atoms with van der Waals surface area (Å²) in [5.74, 6) is 0.217. The first-order valence-electron chi connectivity index (χ1n) is 7.08. The number of carbonyl (C=O) groups excluding carboxylic acids is 2. The van der Waals surface area contributed by atoms with Gasteiger partial charge in [0.15, 0.2) is 0 Å². The maximum atomic E-state index is 11.7. The lowest BCUT2D eigenvalue weighted by Crippen LogP contribution is -2.41. The number of hydrazine groups is 1. The molecule has 23 heavy (non-hydrogen) atoms. The zero-order valence-corrected chi connectivity index (χ0v) is 15.0. The summed E-state index contributed by atoms with van der Waals surface area (Å²) in [6.45, 7) is 2.44. The fourth-order valence-electron chi connectivity index (χ4n) is 1.81. The van der Waals surface area contributed by atoms with E-state index in [0.717, 1.165) is 15.1 Å². The minimum absolute atomic E-state index is 0.248. The summed E-state index contributed by atoms with van der Waals surface area (Å²) < 4.78 is 6.43. The molecule has 0 fully saturated rings. The number of benzene rings is 1. The van der Waals surface area contributed by atoms with Gasteiger partial charge in [0.1, 0.15) is 5.75 Å². The number of thiophene rings is 1. The van der Waals surface area contributed by atoms with Gasteiger partial charge in [-0.3, -0.25) is 20.4 Å². The average Bonchev–Trinajstić information content (AvgIpc) is 2.96. The Morgan fingerprint density at radius 2 is 2.04 bits per heavy atom. The van der Waals surface area contributed by atoms with Crippen molar-refractivity contribution in [3.8, 4) is 5.75 Å². The Hall–Kier alpha value is -1.86. The summed E-state index contributed by atoms with van der Waals surface area (Å²) in [7, 11) is 0. The van der Waals surface area contributed by atoms with Crippen LogP contribution in [0.4, 0.5) is 0 Å². The molecule has 0 saturated carbocycles. The van der Waals surface area contributed by atoms with E-state index >= 15 is 0 Å². The molecule has 7 heteroatoms. The standard InChI is InChI=1S/C16H17BrN2O3S/c1-11-4-2-5-12(10-11)22-9-3-6-15(20)18-19-16(21)13-7-8-14(17)23-13/h2,4-5,7-8,10H,3,6,9H2,1H3,(H,18,20)(H,19,21). The van der Waals surface area contributed by atoms with Crippen molar-refractivity contribution in [2.45, 2.75) is 19.8 Å². The molecule has 5 nitrogen and oxygen atoms in total. The van der Waals surface area contributed by atoms with Gasteiger partial charge in [0, 0.05) is 6.42 Å².